The van der Waals surface area contributed by atoms with Crippen LogP contribution in [0.3, 0.4) is 0 Å². The van der Waals surface area contributed by atoms with Gasteiger partial charge in [0.25, 0.3) is 0 Å². The summed E-state index contributed by atoms with van der Waals surface area (Å²) >= 11 is 0. The molecule has 1 heterocycles. The summed E-state index contributed by atoms with van der Waals surface area (Å²) in [6.45, 7) is 7.33. The van der Waals surface area contributed by atoms with Crippen LogP contribution in [0.5, 0.6) is 0 Å². The van der Waals surface area contributed by atoms with Gasteiger partial charge < -0.3 is 10.5 Å². The Balaban J connectivity index is 1.81. The van der Waals surface area contributed by atoms with E-state index in [1.807, 2.05) is 0 Å². The maximum Gasteiger partial charge on any atom is 0.0674 e. The molecule has 0 aromatic heterocycles. The van der Waals surface area contributed by atoms with Gasteiger partial charge in [-0.05, 0) is 32.6 Å². The number of nitrogens with zero attached hydrogens (tertiary/aromatic N) is 1. The second-order valence-corrected chi connectivity index (χ2v) is 4.95. The molecular weight excluding hydrogens is 176 g/mol. The van der Waals surface area contributed by atoms with E-state index in [-0.39, 0.29) is 0 Å². The highest BCUT2D eigenvalue weighted by molar-refractivity contribution is 4.88. The highest BCUT2D eigenvalue weighted by Gasteiger charge is 2.32. The van der Waals surface area contributed by atoms with Gasteiger partial charge in [-0.3, -0.25) is 4.90 Å². The molecule has 1 aliphatic heterocycles. The third kappa shape index (κ3) is 2.47. The van der Waals surface area contributed by atoms with E-state index in [9.17, 15) is 0 Å². The molecule has 2 aliphatic rings. The quantitative estimate of drug-likeness (QED) is 0.730. The van der Waals surface area contributed by atoms with E-state index < -0.39 is 0 Å². The first-order valence-electron chi connectivity index (χ1n) is 5.78. The van der Waals surface area contributed by atoms with Crippen molar-refractivity contribution in [2.45, 2.75) is 44.9 Å². The van der Waals surface area contributed by atoms with Crippen LogP contribution < -0.4 is 5.73 Å². The largest absolute Gasteiger partial charge is 0.376 e. The molecule has 3 atom stereocenters. The summed E-state index contributed by atoms with van der Waals surface area (Å²) in [7, 11) is 0. The van der Waals surface area contributed by atoms with Crippen molar-refractivity contribution in [2.75, 3.05) is 19.7 Å². The maximum absolute atomic E-state index is 6.14. The highest BCUT2D eigenvalue weighted by atomic mass is 16.5. The van der Waals surface area contributed by atoms with Gasteiger partial charge in [0.2, 0.25) is 0 Å². The lowest BCUT2D eigenvalue weighted by molar-refractivity contribution is -0.0514. The lowest BCUT2D eigenvalue weighted by Gasteiger charge is -2.38. The average Bonchev–Trinajstić information content (AvgIpc) is 2.94. The first kappa shape index (κ1) is 10.4. The predicted molar refractivity (Wildman–Crippen MR) is 57.1 cm³/mol. The van der Waals surface area contributed by atoms with E-state index in [0.717, 1.165) is 25.6 Å². The van der Waals surface area contributed by atoms with Gasteiger partial charge in [0.15, 0.2) is 0 Å². The van der Waals surface area contributed by atoms with E-state index in [1.54, 1.807) is 0 Å². The zero-order valence-electron chi connectivity index (χ0n) is 9.28. The first-order chi connectivity index (χ1) is 6.66. The topological polar surface area (TPSA) is 38.5 Å². The van der Waals surface area contributed by atoms with Gasteiger partial charge in [-0.15, -0.1) is 0 Å². The van der Waals surface area contributed by atoms with Crippen molar-refractivity contribution in [1.82, 2.24) is 4.90 Å². The number of rotatable bonds is 3. The summed E-state index contributed by atoms with van der Waals surface area (Å²) in [6.07, 6.45) is 3.06. The van der Waals surface area contributed by atoms with Gasteiger partial charge >= 0.3 is 0 Å². The van der Waals surface area contributed by atoms with Crippen molar-refractivity contribution in [3.63, 3.8) is 0 Å². The number of hydrogen-bond acceptors (Lipinski definition) is 3. The van der Waals surface area contributed by atoms with Crippen LogP contribution >= 0.6 is 0 Å². The number of morpholine rings is 1. The molecule has 2 rings (SSSR count). The van der Waals surface area contributed by atoms with Gasteiger partial charge in [0.1, 0.15) is 0 Å². The smallest absolute Gasteiger partial charge is 0.0674 e. The van der Waals surface area contributed by atoms with Gasteiger partial charge in [0.05, 0.1) is 12.7 Å². The fourth-order valence-corrected chi connectivity index (χ4v) is 2.17. The summed E-state index contributed by atoms with van der Waals surface area (Å²) < 4.78 is 5.60. The second kappa shape index (κ2) is 4.17. The van der Waals surface area contributed by atoms with E-state index >= 15 is 0 Å². The minimum Gasteiger partial charge on any atom is -0.376 e. The van der Waals surface area contributed by atoms with Crippen LogP contribution in [0.2, 0.25) is 0 Å². The van der Waals surface area contributed by atoms with Crippen LogP contribution in [0.4, 0.5) is 0 Å². The molecule has 0 aromatic carbocycles. The van der Waals surface area contributed by atoms with Crippen LogP contribution in [0.1, 0.15) is 26.7 Å². The first-order valence-corrected chi connectivity index (χ1v) is 5.78. The third-order valence-electron chi connectivity index (χ3n) is 3.41. The Labute approximate surface area is 86.6 Å². The molecule has 1 saturated heterocycles. The van der Waals surface area contributed by atoms with Crippen molar-refractivity contribution in [3.05, 3.63) is 0 Å². The summed E-state index contributed by atoms with van der Waals surface area (Å²) in [5, 5.41) is 0. The van der Waals surface area contributed by atoms with Crippen LogP contribution in [0, 0.1) is 5.92 Å². The van der Waals surface area contributed by atoms with Crippen molar-refractivity contribution >= 4 is 0 Å². The lowest BCUT2D eigenvalue weighted by Crippen LogP contribution is -2.51. The molecule has 0 amide bonds. The summed E-state index contributed by atoms with van der Waals surface area (Å²) in [5.74, 6) is 0.806. The Hall–Kier alpha value is -0.120. The van der Waals surface area contributed by atoms with Crippen molar-refractivity contribution in [1.29, 1.82) is 0 Å². The van der Waals surface area contributed by atoms with E-state index in [2.05, 4.69) is 18.7 Å². The Morgan fingerprint density at radius 3 is 2.79 bits per heavy atom. The zero-order valence-corrected chi connectivity index (χ0v) is 9.28. The normalized spacial score (nSPS) is 37.1. The maximum atomic E-state index is 6.14. The average molecular weight is 198 g/mol. The monoisotopic (exact) mass is 198 g/mol. The number of nitrogens with two attached hydrogens (primary N) is 1. The molecule has 0 aromatic rings. The SMILES string of the molecule is CC1CN(CC(N)C2CC2)C(C)CO1. The van der Waals surface area contributed by atoms with E-state index in [0.29, 0.717) is 18.2 Å². The van der Waals surface area contributed by atoms with Gasteiger partial charge in [-0.2, -0.15) is 0 Å². The molecule has 1 aliphatic carbocycles. The molecule has 0 bridgehead atoms. The minimum absolute atomic E-state index is 0.373. The Kier molecular flexibility index (Phi) is 3.10. The highest BCUT2D eigenvalue weighted by Crippen LogP contribution is 2.32. The fourth-order valence-electron chi connectivity index (χ4n) is 2.17. The second-order valence-electron chi connectivity index (χ2n) is 4.95. The Bertz CT molecular complexity index is 194. The number of ether oxygens (including phenoxy) is 1. The molecule has 3 unspecified atom stereocenters. The van der Waals surface area contributed by atoms with Gasteiger partial charge in [-0.1, -0.05) is 0 Å². The molecule has 0 spiro atoms. The van der Waals surface area contributed by atoms with Crippen LogP contribution in [0.25, 0.3) is 0 Å². The summed E-state index contributed by atoms with van der Waals surface area (Å²) in [6, 6.07) is 0.929. The molecule has 3 nitrogen and oxygen atoms in total. The van der Waals surface area contributed by atoms with Crippen molar-refractivity contribution < 1.29 is 4.74 Å². The Morgan fingerprint density at radius 1 is 1.43 bits per heavy atom. The molecular formula is C11H22N2O. The van der Waals surface area contributed by atoms with Crippen LogP contribution in [-0.4, -0.2) is 42.8 Å². The van der Waals surface area contributed by atoms with Crippen molar-refractivity contribution in [3.8, 4) is 0 Å². The fraction of sp³-hybridized carbons (Fsp3) is 1.00. The predicted octanol–water partition coefficient (Wildman–Crippen LogP) is 0.833. The van der Waals surface area contributed by atoms with E-state index in [4.69, 9.17) is 10.5 Å². The lowest BCUT2D eigenvalue weighted by atomic mass is 10.1. The molecule has 1 saturated carbocycles. The molecule has 0 radical (unpaired) electrons. The standard InChI is InChI=1S/C11H22N2O/c1-8-7-14-9(2)5-13(8)6-11(12)10-3-4-10/h8-11H,3-7,12H2,1-2H3. The molecule has 3 heteroatoms. The van der Waals surface area contributed by atoms with Gasteiger partial charge in [-0.25, -0.2) is 0 Å². The van der Waals surface area contributed by atoms with E-state index in [1.165, 1.54) is 12.8 Å². The summed E-state index contributed by atoms with van der Waals surface area (Å²) in [5.41, 5.74) is 6.14. The minimum atomic E-state index is 0.373. The summed E-state index contributed by atoms with van der Waals surface area (Å²) in [4.78, 5) is 2.48. The molecule has 2 fully saturated rings. The van der Waals surface area contributed by atoms with Crippen LogP contribution in [-0.2, 0) is 4.74 Å². The molecule has 2 N–H and O–H groups in total. The van der Waals surface area contributed by atoms with Crippen LogP contribution in [0.15, 0.2) is 0 Å². The molecule has 14 heavy (non-hydrogen) atoms. The zero-order chi connectivity index (χ0) is 10.1. The Morgan fingerprint density at radius 2 is 2.14 bits per heavy atom. The van der Waals surface area contributed by atoms with Crippen molar-refractivity contribution in [2.24, 2.45) is 11.7 Å². The third-order valence-corrected chi connectivity index (χ3v) is 3.41. The molecule has 82 valence electrons. The number of hydrogen-bond donors (Lipinski definition) is 1. The van der Waals surface area contributed by atoms with Gasteiger partial charge in [0, 0.05) is 25.2 Å².